The Morgan fingerprint density at radius 2 is 1.67 bits per heavy atom. The molecule has 0 bridgehead atoms. The van der Waals surface area contributed by atoms with E-state index >= 15 is 0 Å². The number of carbonyl (C=O) groups is 1. The highest BCUT2D eigenvalue weighted by molar-refractivity contribution is 5.63. The van der Waals surface area contributed by atoms with E-state index in [0.29, 0.717) is 5.75 Å². The monoisotopic (exact) mass is 244 g/mol. The van der Waals surface area contributed by atoms with Gasteiger partial charge in [0.25, 0.3) is 0 Å². The smallest absolute Gasteiger partial charge is 0.508 e. The average molecular weight is 244 g/mol. The number of aromatic hydroxyl groups is 1. The van der Waals surface area contributed by atoms with Gasteiger partial charge < -0.3 is 14.6 Å². The Balaban J connectivity index is 1.84. The van der Waals surface area contributed by atoms with E-state index in [1.807, 2.05) is 30.3 Å². The zero-order valence-electron chi connectivity index (χ0n) is 9.58. The first-order chi connectivity index (χ1) is 8.74. The molecule has 1 N–H and O–H groups in total. The van der Waals surface area contributed by atoms with Gasteiger partial charge in [-0.05, 0) is 29.8 Å². The van der Waals surface area contributed by atoms with E-state index < -0.39 is 6.16 Å². The van der Waals surface area contributed by atoms with Gasteiger partial charge in [-0.2, -0.15) is 0 Å². The van der Waals surface area contributed by atoms with E-state index in [9.17, 15) is 4.79 Å². The third-order valence-corrected chi connectivity index (χ3v) is 2.24. The summed E-state index contributed by atoms with van der Waals surface area (Å²) in [6.45, 7) is 0.164. The number of phenols is 1. The second kappa shape index (κ2) is 5.72. The van der Waals surface area contributed by atoms with Crippen LogP contribution in [0, 0.1) is 0 Å². The van der Waals surface area contributed by atoms with Gasteiger partial charge in [0.05, 0.1) is 0 Å². The van der Waals surface area contributed by atoms with Crippen molar-refractivity contribution in [2.24, 2.45) is 0 Å². The first-order valence-electron chi connectivity index (χ1n) is 5.41. The van der Waals surface area contributed by atoms with E-state index in [2.05, 4.69) is 0 Å². The molecule has 0 saturated carbocycles. The standard InChI is InChI=1S/C14H12O4/c15-12-6-8-13(9-7-12)18-14(16)17-10-11-4-2-1-3-5-11/h1-9,15H,10H2. The Kier molecular flexibility index (Phi) is 3.81. The van der Waals surface area contributed by atoms with E-state index in [4.69, 9.17) is 14.6 Å². The van der Waals surface area contributed by atoms with Crippen LogP contribution in [0.15, 0.2) is 54.6 Å². The van der Waals surface area contributed by atoms with Gasteiger partial charge >= 0.3 is 6.16 Å². The van der Waals surface area contributed by atoms with Crippen LogP contribution in [-0.2, 0) is 11.3 Å². The molecule has 4 heteroatoms. The predicted octanol–water partition coefficient (Wildman–Crippen LogP) is 3.11. The number of phenolic OH excluding ortho intramolecular Hbond substituents is 1. The number of benzene rings is 2. The van der Waals surface area contributed by atoms with Crippen molar-refractivity contribution in [3.05, 3.63) is 60.2 Å². The number of hydrogen-bond acceptors (Lipinski definition) is 4. The molecule has 2 aromatic rings. The first-order valence-corrected chi connectivity index (χ1v) is 5.41. The van der Waals surface area contributed by atoms with Gasteiger partial charge in [-0.1, -0.05) is 30.3 Å². The van der Waals surface area contributed by atoms with Gasteiger partial charge in [-0.3, -0.25) is 0 Å². The molecule has 4 nitrogen and oxygen atoms in total. The van der Waals surface area contributed by atoms with Gasteiger partial charge in [0, 0.05) is 0 Å². The molecule has 0 heterocycles. The summed E-state index contributed by atoms with van der Waals surface area (Å²) in [5.41, 5.74) is 0.889. The molecule has 18 heavy (non-hydrogen) atoms. The molecule has 0 spiro atoms. The Morgan fingerprint density at radius 3 is 2.33 bits per heavy atom. The van der Waals surface area contributed by atoms with Crippen LogP contribution in [0.5, 0.6) is 11.5 Å². The average Bonchev–Trinajstić information content (AvgIpc) is 2.40. The maximum absolute atomic E-state index is 11.4. The quantitative estimate of drug-likeness (QED) is 0.665. The molecule has 0 aliphatic rings. The molecule has 0 amide bonds. The van der Waals surface area contributed by atoms with Gasteiger partial charge in [0.15, 0.2) is 0 Å². The molecular weight excluding hydrogens is 232 g/mol. The summed E-state index contributed by atoms with van der Waals surface area (Å²) in [4.78, 5) is 11.4. The van der Waals surface area contributed by atoms with Crippen LogP contribution in [0.4, 0.5) is 4.79 Å². The molecule has 0 atom stereocenters. The molecule has 0 aliphatic heterocycles. The molecule has 2 aromatic carbocycles. The van der Waals surface area contributed by atoms with Crippen molar-refractivity contribution in [2.75, 3.05) is 0 Å². The third kappa shape index (κ3) is 3.52. The summed E-state index contributed by atoms with van der Waals surface area (Å²) < 4.78 is 9.86. The zero-order valence-corrected chi connectivity index (χ0v) is 9.58. The summed E-state index contributed by atoms with van der Waals surface area (Å²) in [5.74, 6) is 0.436. The lowest BCUT2D eigenvalue weighted by atomic mass is 10.2. The van der Waals surface area contributed by atoms with E-state index in [1.165, 1.54) is 24.3 Å². The van der Waals surface area contributed by atoms with Crippen LogP contribution in [-0.4, -0.2) is 11.3 Å². The van der Waals surface area contributed by atoms with Crippen LogP contribution >= 0.6 is 0 Å². The van der Waals surface area contributed by atoms with Gasteiger partial charge in [0.1, 0.15) is 18.1 Å². The molecule has 92 valence electrons. The fraction of sp³-hybridized carbons (Fsp3) is 0.0714. The zero-order chi connectivity index (χ0) is 12.8. The van der Waals surface area contributed by atoms with Crippen molar-refractivity contribution in [2.45, 2.75) is 6.61 Å². The largest absolute Gasteiger partial charge is 0.514 e. The van der Waals surface area contributed by atoms with Gasteiger partial charge in [0.2, 0.25) is 0 Å². The molecule has 0 saturated heterocycles. The highest BCUT2D eigenvalue weighted by Gasteiger charge is 2.06. The minimum atomic E-state index is -0.774. The summed E-state index contributed by atoms with van der Waals surface area (Å²) in [7, 11) is 0. The van der Waals surface area contributed by atoms with Crippen LogP contribution in [0.3, 0.4) is 0 Å². The summed E-state index contributed by atoms with van der Waals surface area (Å²) in [6, 6.07) is 15.2. The maximum Gasteiger partial charge on any atom is 0.514 e. The number of rotatable bonds is 3. The lowest BCUT2D eigenvalue weighted by Gasteiger charge is -2.05. The summed E-state index contributed by atoms with van der Waals surface area (Å²) >= 11 is 0. The Labute approximate surface area is 104 Å². The van der Waals surface area contributed by atoms with Crippen LogP contribution in [0.1, 0.15) is 5.56 Å². The second-order valence-electron chi connectivity index (χ2n) is 3.62. The lowest BCUT2D eigenvalue weighted by Crippen LogP contribution is -2.10. The van der Waals surface area contributed by atoms with Crippen molar-refractivity contribution >= 4 is 6.16 Å². The normalized spacial score (nSPS) is 9.78. The minimum Gasteiger partial charge on any atom is -0.508 e. The van der Waals surface area contributed by atoms with Crippen molar-refractivity contribution in [3.63, 3.8) is 0 Å². The molecule has 2 rings (SSSR count). The number of ether oxygens (including phenoxy) is 2. The highest BCUT2D eigenvalue weighted by atomic mass is 16.7. The molecule has 0 unspecified atom stereocenters. The predicted molar refractivity (Wildman–Crippen MR) is 65.4 cm³/mol. The van der Waals surface area contributed by atoms with Crippen molar-refractivity contribution in [1.82, 2.24) is 0 Å². The molecule has 0 aliphatic carbocycles. The highest BCUT2D eigenvalue weighted by Crippen LogP contribution is 2.16. The van der Waals surface area contributed by atoms with Gasteiger partial charge in [-0.15, -0.1) is 0 Å². The van der Waals surface area contributed by atoms with E-state index in [-0.39, 0.29) is 12.4 Å². The topological polar surface area (TPSA) is 55.8 Å². The van der Waals surface area contributed by atoms with E-state index in [0.717, 1.165) is 5.56 Å². The Hall–Kier alpha value is -2.49. The third-order valence-electron chi connectivity index (χ3n) is 2.24. The van der Waals surface area contributed by atoms with Crippen molar-refractivity contribution < 1.29 is 19.4 Å². The fourth-order valence-electron chi connectivity index (χ4n) is 1.36. The maximum atomic E-state index is 11.4. The Morgan fingerprint density at radius 1 is 1.00 bits per heavy atom. The number of hydrogen-bond donors (Lipinski definition) is 1. The van der Waals surface area contributed by atoms with E-state index in [1.54, 1.807) is 0 Å². The molecule has 0 aromatic heterocycles. The summed E-state index contributed by atoms with van der Waals surface area (Å²) in [5, 5.41) is 9.07. The number of carbonyl (C=O) groups excluding carboxylic acids is 1. The first kappa shape index (κ1) is 12.0. The van der Waals surface area contributed by atoms with Crippen LogP contribution in [0.2, 0.25) is 0 Å². The van der Waals surface area contributed by atoms with Crippen LogP contribution < -0.4 is 4.74 Å². The molecular formula is C14H12O4. The van der Waals surface area contributed by atoms with Gasteiger partial charge in [-0.25, -0.2) is 4.79 Å². The van der Waals surface area contributed by atoms with Crippen LogP contribution in [0.25, 0.3) is 0 Å². The fourth-order valence-corrected chi connectivity index (χ4v) is 1.36. The lowest BCUT2D eigenvalue weighted by molar-refractivity contribution is 0.0927. The second-order valence-corrected chi connectivity index (χ2v) is 3.62. The molecule has 0 radical (unpaired) electrons. The van der Waals surface area contributed by atoms with Crippen molar-refractivity contribution in [1.29, 1.82) is 0 Å². The Bertz CT molecular complexity index is 505. The molecule has 0 fully saturated rings. The SMILES string of the molecule is O=C(OCc1ccccc1)Oc1ccc(O)cc1. The van der Waals surface area contributed by atoms with Crippen molar-refractivity contribution in [3.8, 4) is 11.5 Å². The minimum absolute atomic E-state index is 0.111. The summed E-state index contributed by atoms with van der Waals surface area (Å²) in [6.07, 6.45) is -0.774.